The molecule has 0 saturated heterocycles. The second-order valence-electron chi connectivity index (χ2n) is 5.62. The molecule has 2 heterocycles. The van der Waals surface area contributed by atoms with Gasteiger partial charge in [-0.05, 0) is 18.2 Å². The highest BCUT2D eigenvalue weighted by molar-refractivity contribution is 7.14. The van der Waals surface area contributed by atoms with E-state index < -0.39 is 5.91 Å². The predicted molar refractivity (Wildman–Crippen MR) is 102 cm³/mol. The summed E-state index contributed by atoms with van der Waals surface area (Å²) in [6.45, 7) is 0.220. The van der Waals surface area contributed by atoms with Crippen LogP contribution in [0.3, 0.4) is 0 Å². The predicted octanol–water partition coefficient (Wildman–Crippen LogP) is 2.00. The standard InChI is InChI=1S/C18H17N5O3S/c19-16(25)13-8-12(9-21-13)14-10-27-18(22-14)23-15(24)6-7-20-17(26)11-4-2-1-3-5-11/h1-5,8-10,21H,6-7H2,(H2,19,25)(H,20,26)(H,22,23,24). The van der Waals surface area contributed by atoms with E-state index in [2.05, 4.69) is 20.6 Å². The summed E-state index contributed by atoms with van der Waals surface area (Å²) in [7, 11) is 0. The molecule has 1 aromatic carbocycles. The number of primary amides is 1. The van der Waals surface area contributed by atoms with Crippen molar-refractivity contribution >= 4 is 34.2 Å². The Hall–Kier alpha value is -3.46. The Kier molecular flexibility index (Phi) is 5.62. The van der Waals surface area contributed by atoms with Crippen molar-refractivity contribution in [1.29, 1.82) is 0 Å². The molecule has 3 aromatic rings. The lowest BCUT2D eigenvalue weighted by Crippen LogP contribution is -2.27. The lowest BCUT2D eigenvalue weighted by atomic mass is 10.2. The highest BCUT2D eigenvalue weighted by atomic mass is 32.1. The number of thiazole rings is 1. The second-order valence-corrected chi connectivity index (χ2v) is 6.48. The van der Waals surface area contributed by atoms with E-state index in [4.69, 9.17) is 5.73 Å². The van der Waals surface area contributed by atoms with Gasteiger partial charge in [-0.3, -0.25) is 14.4 Å². The highest BCUT2D eigenvalue weighted by Gasteiger charge is 2.11. The molecule has 0 fully saturated rings. The molecule has 0 radical (unpaired) electrons. The van der Waals surface area contributed by atoms with E-state index in [1.165, 1.54) is 11.3 Å². The number of H-pyrrole nitrogens is 1. The fourth-order valence-corrected chi connectivity index (χ4v) is 3.05. The molecule has 2 aromatic heterocycles. The largest absolute Gasteiger partial charge is 0.364 e. The summed E-state index contributed by atoms with van der Waals surface area (Å²) in [5.74, 6) is -1.03. The van der Waals surface area contributed by atoms with Gasteiger partial charge in [-0.2, -0.15) is 0 Å². The van der Waals surface area contributed by atoms with Crippen LogP contribution in [0, 0.1) is 0 Å². The Morgan fingerprint density at radius 3 is 2.67 bits per heavy atom. The molecule has 0 unspecified atom stereocenters. The monoisotopic (exact) mass is 383 g/mol. The second kappa shape index (κ2) is 8.28. The molecule has 5 N–H and O–H groups in total. The molecule has 27 heavy (non-hydrogen) atoms. The maximum Gasteiger partial charge on any atom is 0.265 e. The van der Waals surface area contributed by atoms with Crippen LogP contribution in [-0.4, -0.2) is 34.2 Å². The van der Waals surface area contributed by atoms with Gasteiger partial charge in [-0.1, -0.05) is 18.2 Å². The van der Waals surface area contributed by atoms with E-state index >= 15 is 0 Å². The van der Waals surface area contributed by atoms with Crippen LogP contribution in [0.2, 0.25) is 0 Å². The lowest BCUT2D eigenvalue weighted by molar-refractivity contribution is -0.116. The molecule has 0 atom stereocenters. The number of nitrogens with two attached hydrogens (primary N) is 1. The number of benzene rings is 1. The molecule has 0 aliphatic carbocycles. The molecule has 3 rings (SSSR count). The summed E-state index contributed by atoms with van der Waals surface area (Å²) in [6.07, 6.45) is 1.75. The van der Waals surface area contributed by atoms with Gasteiger partial charge in [0.15, 0.2) is 5.13 Å². The topological polar surface area (TPSA) is 130 Å². The summed E-state index contributed by atoms with van der Waals surface area (Å²) in [4.78, 5) is 42.1. The van der Waals surface area contributed by atoms with Gasteiger partial charge in [0.1, 0.15) is 5.69 Å². The Morgan fingerprint density at radius 1 is 1.19 bits per heavy atom. The molecule has 0 aliphatic heterocycles. The normalized spacial score (nSPS) is 10.4. The SMILES string of the molecule is NC(=O)c1cc(-c2csc(NC(=O)CCNC(=O)c3ccccc3)n2)c[nH]1. The van der Waals surface area contributed by atoms with Crippen molar-refractivity contribution in [3.63, 3.8) is 0 Å². The van der Waals surface area contributed by atoms with Crippen LogP contribution in [0.25, 0.3) is 11.3 Å². The van der Waals surface area contributed by atoms with Crippen LogP contribution < -0.4 is 16.4 Å². The summed E-state index contributed by atoms with van der Waals surface area (Å²) in [5.41, 5.74) is 7.37. The number of aromatic amines is 1. The van der Waals surface area contributed by atoms with Crippen molar-refractivity contribution in [3.8, 4) is 11.3 Å². The van der Waals surface area contributed by atoms with Gasteiger partial charge in [0.2, 0.25) is 5.91 Å². The number of nitrogens with zero attached hydrogens (tertiary/aromatic N) is 1. The first-order chi connectivity index (χ1) is 13.0. The Morgan fingerprint density at radius 2 is 1.96 bits per heavy atom. The van der Waals surface area contributed by atoms with E-state index in [0.717, 1.165) is 0 Å². The van der Waals surface area contributed by atoms with Crippen molar-refractivity contribution in [1.82, 2.24) is 15.3 Å². The van der Waals surface area contributed by atoms with Crippen LogP contribution in [0.4, 0.5) is 5.13 Å². The molecular weight excluding hydrogens is 366 g/mol. The van der Waals surface area contributed by atoms with Gasteiger partial charge < -0.3 is 21.4 Å². The Balaban J connectivity index is 1.49. The molecule has 8 nitrogen and oxygen atoms in total. The first kappa shape index (κ1) is 18.3. The highest BCUT2D eigenvalue weighted by Crippen LogP contribution is 2.25. The van der Waals surface area contributed by atoms with E-state index in [9.17, 15) is 14.4 Å². The van der Waals surface area contributed by atoms with E-state index in [1.807, 2.05) is 6.07 Å². The van der Waals surface area contributed by atoms with Gasteiger partial charge in [-0.15, -0.1) is 11.3 Å². The number of anilines is 1. The third-order valence-electron chi connectivity index (χ3n) is 3.67. The van der Waals surface area contributed by atoms with Crippen LogP contribution in [0.15, 0.2) is 48.0 Å². The van der Waals surface area contributed by atoms with Crippen molar-refractivity contribution in [2.45, 2.75) is 6.42 Å². The minimum Gasteiger partial charge on any atom is -0.364 e. The third-order valence-corrected chi connectivity index (χ3v) is 4.43. The van der Waals surface area contributed by atoms with Crippen molar-refractivity contribution in [2.24, 2.45) is 5.73 Å². The van der Waals surface area contributed by atoms with Crippen molar-refractivity contribution in [3.05, 3.63) is 59.2 Å². The molecule has 3 amide bonds. The van der Waals surface area contributed by atoms with Crippen molar-refractivity contribution in [2.75, 3.05) is 11.9 Å². The number of nitrogens with one attached hydrogen (secondary N) is 3. The number of amides is 3. The number of rotatable bonds is 7. The van der Waals surface area contributed by atoms with Crippen LogP contribution in [0.5, 0.6) is 0 Å². The zero-order valence-corrected chi connectivity index (χ0v) is 15.0. The number of carbonyl (C=O) groups is 3. The first-order valence-electron chi connectivity index (χ1n) is 8.10. The fourth-order valence-electron chi connectivity index (χ4n) is 2.31. The average molecular weight is 383 g/mol. The number of aromatic nitrogens is 2. The summed E-state index contributed by atoms with van der Waals surface area (Å²) in [5, 5.41) is 7.59. The Bertz CT molecular complexity index is 964. The van der Waals surface area contributed by atoms with Gasteiger partial charge in [0.05, 0.1) is 5.69 Å². The van der Waals surface area contributed by atoms with Crippen molar-refractivity contribution < 1.29 is 14.4 Å². The maximum absolute atomic E-state index is 12.0. The lowest BCUT2D eigenvalue weighted by Gasteiger charge is -2.05. The average Bonchev–Trinajstić information content (AvgIpc) is 3.31. The number of carbonyl (C=O) groups excluding carboxylic acids is 3. The van der Waals surface area contributed by atoms with Gasteiger partial charge >= 0.3 is 0 Å². The van der Waals surface area contributed by atoms with E-state index in [1.54, 1.807) is 41.9 Å². The van der Waals surface area contributed by atoms with Gasteiger partial charge in [-0.25, -0.2) is 4.98 Å². The first-order valence-corrected chi connectivity index (χ1v) is 8.98. The maximum atomic E-state index is 12.0. The molecular formula is C18H17N5O3S. The van der Waals surface area contributed by atoms with E-state index in [-0.39, 0.29) is 30.5 Å². The Labute approximate surface area is 158 Å². The minimum atomic E-state index is -0.553. The summed E-state index contributed by atoms with van der Waals surface area (Å²) in [6, 6.07) is 10.4. The van der Waals surface area contributed by atoms with E-state index in [0.29, 0.717) is 22.0 Å². The summed E-state index contributed by atoms with van der Waals surface area (Å²) < 4.78 is 0. The zero-order chi connectivity index (χ0) is 19.2. The molecule has 0 saturated carbocycles. The number of hydrogen-bond acceptors (Lipinski definition) is 5. The van der Waals surface area contributed by atoms with Crippen LogP contribution in [0.1, 0.15) is 27.3 Å². The molecule has 9 heteroatoms. The van der Waals surface area contributed by atoms with Crippen LogP contribution >= 0.6 is 11.3 Å². The third kappa shape index (κ3) is 4.79. The fraction of sp³-hybridized carbons (Fsp3) is 0.111. The smallest absolute Gasteiger partial charge is 0.265 e. The molecule has 0 aliphatic rings. The zero-order valence-electron chi connectivity index (χ0n) is 14.2. The minimum absolute atomic E-state index is 0.128. The molecule has 138 valence electrons. The van der Waals surface area contributed by atoms with Gasteiger partial charge in [0.25, 0.3) is 11.8 Å². The van der Waals surface area contributed by atoms with Gasteiger partial charge in [0, 0.05) is 35.7 Å². The molecule has 0 bridgehead atoms. The summed E-state index contributed by atoms with van der Waals surface area (Å²) >= 11 is 1.27. The molecule has 0 spiro atoms. The number of hydrogen-bond donors (Lipinski definition) is 4. The van der Waals surface area contributed by atoms with Crippen LogP contribution in [-0.2, 0) is 4.79 Å². The quantitative estimate of drug-likeness (QED) is 0.497.